The van der Waals surface area contributed by atoms with Crippen molar-refractivity contribution >= 4 is 40.5 Å². The number of nitrogens with one attached hydrogen (secondary N) is 3. The molecule has 0 fully saturated rings. The summed E-state index contributed by atoms with van der Waals surface area (Å²) < 4.78 is 5.68. The van der Waals surface area contributed by atoms with Crippen molar-refractivity contribution in [1.82, 2.24) is 5.32 Å². The first-order chi connectivity index (χ1) is 13.7. The van der Waals surface area contributed by atoms with Gasteiger partial charge in [0.15, 0.2) is 5.11 Å². The van der Waals surface area contributed by atoms with E-state index >= 15 is 0 Å². The lowest BCUT2D eigenvalue weighted by atomic mass is 10.1. The molecule has 0 unspecified atom stereocenters. The molecule has 154 valence electrons. The van der Waals surface area contributed by atoms with Crippen LogP contribution in [0.15, 0.2) is 48.5 Å². The van der Waals surface area contributed by atoms with Crippen LogP contribution in [0.1, 0.15) is 44.5 Å². The van der Waals surface area contributed by atoms with Crippen LogP contribution in [0, 0.1) is 5.92 Å². The van der Waals surface area contributed by atoms with Crippen molar-refractivity contribution in [3.8, 4) is 5.75 Å². The number of amides is 2. The second-order valence-corrected chi connectivity index (χ2v) is 7.70. The monoisotopic (exact) mass is 413 g/mol. The first-order valence-corrected chi connectivity index (χ1v) is 9.93. The summed E-state index contributed by atoms with van der Waals surface area (Å²) in [5.74, 6) is 0.430. The van der Waals surface area contributed by atoms with Crippen LogP contribution in [0.2, 0.25) is 0 Å². The summed E-state index contributed by atoms with van der Waals surface area (Å²) in [4.78, 5) is 24.4. The molecule has 0 atom stereocenters. The van der Waals surface area contributed by atoms with Crippen molar-refractivity contribution in [3.05, 3.63) is 54.1 Å². The highest BCUT2D eigenvalue weighted by Gasteiger charge is 2.14. The van der Waals surface area contributed by atoms with Gasteiger partial charge in [-0.05, 0) is 68.4 Å². The van der Waals surface area contributed by atoms with E-state index in [9.17, 15) is 9.59 Å². The number of hydrogen-bond acceptors (Lipinski definition) is 4. The zero-order valence-electron chi connectivity index (χ0n) is 17.1. The highest BCUT2D eigenvalue weighted by molar-refractivity contribution is 7.80. The molecule has 2 rings (SSSR count). The zero-order chi connectivity index (χ0) is 21.4. The minimum absolute atomic E-state index is 0.0224. The summed E-state index contributed by atoms with van der Waals surface area (Å²) in [5, 5.41) is 8.64. The fraction of sp³-hybridized carbons (Fsp3) is 0.318. The Kier molecular flexibility index (Phi) is 8.15. The molecule has 2 aromatic carbocycles. The van der Waals surface area contributed by atoms with Crippen LogP contribution in [0.25, 0.3) is 0 Å². The first kappa shape index (κ1) is 22.4. The lowest BCUT2D eigenvalue weighted by Crippen LogP contribution is -2.34. The zero-order valence-corrected chi connectivity index (χ0v) is 17.9. The van der Waals surface area contributed by atoms with Gasteiger partial charge in [-0.2, -0.15) is 0 Å². The molecular formula is C22H27N3O3S. The molecule has 6 nitrogen and oxygen atoms in total. The van der Waals surface area contributed by atoms with Gasteiger partial charge in [0.05, 0.1) is 11.7 Å². The van der Waals surface area contributed by atoms with Gasteiger partial charge < -0.3 is 15.4 Å². The highest BCUT2D eigenvalue weighted by Crippen LogP contribution is 2.19. The minimum atomic E-state index is -0.351. The van der Waals surface area contributed by atoms with Crippen LogP contribution < -0.4 is 20.7 Å². The Morgan fingerprint density at radius 2 is 1.52 bits per heavy atom. The van der Waals surface area contributed by atoms with Crippen LogP contribution in [0.5, 0.6) is 5.75 Å². The van der Waals surface area contributed by atoms with Crippen LogP contribution in [0.4, 0.5) is 11.4 Å². The van der Waals surface area contributed by atoms with Crippen molar-refractivity contribution in [1.29, 1.82) is 0 Å². The molecule has 0 aliphatic carbocycles. The summed E-state index contributed by atoms with van der Waals surface area (Å²) in [6.07, 6.45) is 0.423. The number of rotatable bonds is 7. The molecule has 2 aromatic rings. The third-order valence-electron chi connectivity index (χ3n) is 3.74. The van der Waals surface area contributed by atoms with Crippen molar-refractivity contribution in [2.45, 2.75) is 40.2 Å². The van der Waals surface area contributed by atoms with Gasteiger partial charge >= 0.3 is 0 Å². The molecule has 2 amide bonds. The molecule has 29 heavy (non-hydrogen) atoms. The molecule has 0 aromatic heterocycles. The molecule has 0 radical (unpaired) electrons. The number of para-hydroxylation sites is 1. The van der Waals surface area contributed by atoms with Crippen LogP contribution >= 0.6 is 12.2 Å². The Bertz CT molecular complexity index is 864. The van der Waals surface area contributed by atoms with Crippen molar-refractivity contribution < 1.29 is 14.3 Å². The van der Waals surface area contributed by atoms with Crippen molar-refractivity contribution in [2.24, 2.45) is 5.92 Å². The van der Waals surface area contributed by atoms with Gasteiger partial charge in [-0.1, -0.05) is 26.0 Å². The third-order valence-corrected chi connectivity index (χ3v) is 3.95. The largest absolute Gasteiger partial charge is 0.490 e. The van der Waals surface area contributed by atoms with Crippen LogP contribution in [-0.4, -0.2) is 23.0 Å². The van der Waals surface area contributed by atoms with E-state index in [0.717, 1.165) is 0 Å². The van der Waals surface area contributed by atoms with Gasteiger partial charge in [0, 0.05) is 17.8 Å². The Morgan fingerprint density at radius 1 is 0.931 bits per heavy atom. The maximum Gasteiger partial charge on any atom is 0.261 e. The molecular weight excluding hydrogens is 386 g/mol. The number of ether oxygens (including phenoxy) is 1. The molecule has 3 N–H and O–H groups in total. The average molecular weight is 414 g/mol. The summed E-state index contributed by atoms with van der Waals surface area (Å²) in [7, 11) is 0. The lowest BCUT2D eigenvalue weighted by molar-refractivity contribution is -0.116. The number of hydrogen-bond donors (Lipinski definition) is 3. The highest BCUT2D eigenvalue weighted by atomic mass is 32.1. The molecule has 0 spiro atoms. The molecule has 0 saturated heterocycles. The van der Waals surface area contributed by atoms with E-state index < -0.39 is 0 Å². The number of carbonyl (C=O) groups excluding carboxylic acids is 2. The SMILES string of the molecule is CC(C)CC(=O)Nc1ccc(NC(=S)NC(=O)c2ccccc2OC(C)C)cc1. The Balaban J connectivity index is 1.94. The molecule has 0 saturated carbocycles. The van der Waals surface area contributed by atoms with Gasteiger partial charge in [0.2, 0.25) is 5.91 Å². The summed E-state index contributed by atoms with van der Waals surface area (Å²) in [6.45, 7) is 7.79. The third kappa shape index (κ3) is 7.54. The number of thiocarbonyl (C=S) groups is 1. The van der Waals surface area contributed by atoms with E-state index in [1.54, 1.807) is 42.5 Å². The lowest BCUT2D eigenvalue weighted by Gasteiger charge is -2.15. The van der Waals surface area contributed by atoms with Gasteiger partial charge in [0.1, 0.15) is 5.75 Å². The van der Waals surface area contributed by atoms with E-state index in [1.165, 1.54) is 0 Å². The normalized spacial score (nSPS) is 10.6. The predicted octanol–water partition coefficient (Wildman–Crippen LogP) is 4.59. The molecule has 0 bridgehead atoms. The van der Waals surface area contributed by atoms with Gasteiger partial charge in [-0.3, -0.25) is 14.9 Å². The van der Waals surface area contributed by atoms with Crippen LogP contribution in [-0.2, 0) is 4.79 Å². The van der Waals surface area contributed by atoms with Crippen molar-refractivity contribution in [2.75, 3.05) is 10.6 Å². The number of anilines is 2. The molecule has 0 aliphatic heterocycles. The fourth-order valence-corrected chi connectivity index (χ4v) is 2.77. The second-order valence-electron chi connectivity index (χ2n) is 7.29. The summed E-state index contributed by atoms with van der Waals surface area (Å²) in [6, 6.07) is 14.1. The first-order valence-electron chi connectivity index (χ1n) is 9.52. The van der Waals surface area contributed by atoms with E-state index in [2.05, 4.69) is 16.0 Å². The standard InChI is InChI=1S/C22H27N3O3S/c1-14(2)13-20(26)23-16-9-11-17(12-10-16)24-22(29)25-21(27)18-7-5-6-8-19(18)28-15(3)4/h5-12,14-15H,13H2,1-4H3,(H,23,26)(H2,24,25,27,29). The van der Waals surface area contributed by atoms with E-state index in [0.29, 0.717) is 35.0 Å². The average Bonchev–Trinajstić information content (AvgIpc) is 2.62. The quantitative estimate of drug-likeness (QED) is 0.579. The van der Waals surface area contributed by atoms with Gasteiger partial charge in [-0.25, -0.2) is 0 Å². The number of carbonyl (C=O) groups is 2. The number of benzene rings is 2. The summed E-state index contributed by atoms with van der Waals surface area (Å²) in [5.41, 5.74) is 1.81. The Hall–Kier alpha value is -2.93. The topological polar surface area (TPSA) is 79.5 Å². The summed E-state index contributed by atoms with van der Waals surface area (Å²) >= 11 is 5.24. The molecule has 0 heterocycles. The van der Waals surface area contributed by atoms with Gasteiger partial charge in [0.25, 0.3) is 5.91 Å². The molecule has 7 heteroatoms. The van der Waals surface area contributed by atoms with Crippen LogP contribution in [0.3, 0.4) is 0 Å². The predicted molar refractivity (Wildman–Crippen MR) is 120 cm³/mol. The maximum atomic E-state index is 12.5. The Morgan fingerprint density at radius 3 is 2.10 bits per heavy atom. The fourth-order valence-electron chi connectivity index (χ4n) is 2.56. The van der Waals surface area contributed by atoms with Crippen molar-refractivity contribution in [3.63, 3.8) is 0 Å². The Labute approximate surface area is 177 Å². The molecule has 0 aliphatic rings. The maximum absolute atomic E-state index is 12.5. The smallest absolute Gasteiger partial charge is 0.261 e. The van der Waals surface area contributed by atoms with Gasteiger partial charge in [-0.15, -0.1) is 0 Å². The second kappa shape index (κ2) is 10.6. The minimum Gasteiger partial charge on any atom is -0.490 e. The van der Waals surface area contributed by atoms with E-state index in [1.807, 2.05) is 33.8 Å². The van der Waals surface area contributed by atoms with E-state index in [4.69, 9.17) is 17.0 Å². The van der Waals surface area contributed by atoms with E-state index in [-0.39, 0.29) is 23.0 Å².